The number of morpholine rings is 1. The summed E-state index contributed by atoms with van der Waals surface area (Å²) >= 11 is 0. The Hall–Kier alpha value is -1.19. The number of hydrogen-bond acceptors (Lipinski definition) is 5. The van der Waals surface area contributed by atoms with E-state index in [1.54, 1.807) is 19.1 Å². The summed E-state index contributed by atoms with van der Waals surface area (Å²) in [6.45, 7) is 4.44. The van der Waals surface area contributed by atoms with Crippen molar-refractivity contribution < 1.29 is 17.9 Å². The van der Waals surface area contributed by atoms with Gasteiger partial charge in [0.25, 0.3) is 0 Å². The SMILES string of the molecule is CCNS(=O)(=O)c1ccc(CNC(=O)CC2COCCN2)cc1.Cl. The van der Waals surface area contributed by atoms with Crippen molar-refractivity contribution in [2.45, 2.75) is 30.8 Å². The minimum atomic E-state index is -3.44. The third-order valence-corrected chi connectivity index (χ3v) is 5.05. The molecule has 1 fully saturated rings. The van der Waals surface area contributed by atoms with Crippen LogP contribution in [0.15, 0.2) is 29.2 Å². The summed E-state index contributed by atoms with van der Waals surface area (Å²) in [5, 5.41) is 6.05. The molecular formula is C15H24ClN3O4S. The van der Waals surface area contributed by atoms with Crippen LogP contribution in [-0.2, 0) is 26.1 Å². The Morgan fingerprint density at radius 1 is 1.33 bits per heavy atom. The fourth-order valence-electron chi connectivity index (χ4n) is 2.31. The number of carbonyl (C=O) groups excluding carboxylic acids is 1. The minimum Gasteiger partial charge on any atom is -0.378 e. The quantitative estimate of drug-likeness (QED) is 0.639. The van der Waals surface area contributed by atoms with Gasteiger partial charge < -0.3 is 15.4 Å². The van der Waals surface area contributed by atoms with E-state index in [1.165, 1.54) is 12.1 Å². The van der Waals surface area contributed by atoms with Crippen molar-refractivity contribution in [3.63, 3.8) is 0 Å². The highest BCUT2D eigenvalue weighted by molar-refractivity contribution is 7.89. The second kappa shape index (κ2) is 9.95. The van der Waals surface area contributed by atoms with E-state index in [1.807, 2.05) is 0 Å². The van der Waals surface area contributed by atoms with E-state index >= 15 is 0 Å². The summed E-state index contributed by atoms with van der Waals surface area (Å²) in [5.41, 5.74) is 0.849. The number of amides is 1. The van der Waals surface area contributed by atoms with Gasteiger partial charge >= 0.3 is 0 Å². The molecule has 0 spiro atoms. The first-order valence-electron chi connectivity index (χ1n) is 7.67. The molecule has 3 N–H and O–H groups in total. The topological polar surface area (TPSA) is 96.5 Å². The van der Waals surface area contributed by atoms with E-state index in [9.17, 15) is 13.2 Å². The molecule has 1 aliphatic heterocycles. The Labute approximate surface area is 149 Å². The van der Waals surface area contributed by atoms with Crippen molar-refractivity contribution in [1.82, 2.24) is 15.4 Å². The number of ether oxygens (including phenoxy) is 1. The van der Waals surface area contributed by atoms with Crippen LogP contribution in [-0.4, -0.2) is 46.7 Å². The summed E-state index contributed by atoms with van der Waals surface area (Å²) in [6, 6.07) is 6.53. The zero-order valence-corrected chi connectivity index (χ0v) is 15.2. The van der Waals surface area contributed by atoms with Crippen molar-refractivity contribution in [2.75, 3.05) is 26.3 Å². The second-order valence-electron chi connectivity index (χ2n) is 5.35. The molecule has 1 unspecified atom stereocenters. The molecule has 1 aliphatic rings. The fraction of sp³-hybridized carbons (Fsp3) is 0.533. The lowest BCUT2D eigenvalue weighted by molar-refractivity contribution is -0.122. The van der Waals surface area contributed by atoms with Crippen LogP contribution < -0.4 is 15.4 Å². The highest BCUT2D eigenvalue weighted by Crippen LogP contribution is 2.10. The molecule has 2 rings (SSSR count). The van der Waals surface area contributed by atoms with Gasteiger partial charge in [0.1, 0.15) is 0 Å². The van der Waals surface area contributed by atoms with Crippen LogP contribution in [0.5, 0.6) is 0 Å². The van der Waals surface area contributed by atoms with E-state index in [-0.39, 0.29) is 29.3 Å². The van der Waals surface area contributed by atoms with E-state index in [0.29, 0.717) is 32.7 Å². The predicted octanol–water partition coefficient (Wildman–Crippen LogP) is 0.401. The van der Waals surface area contributed by atoms with Gasteiger partial charge in [-0.05, 0) is 17.7 Å². The first-order valence-corrected chi connectivity index (χ1v) is 9.16. The molecule has 24 heavy (non-hydrogen) atoms. The monoisotopic (exact) mass is 377 g/mol. The molecule has 0 saturated carbocycles. The van der Waals surface area contributed by atoms with Gasteiger partial charge in [0.05, 0.1) is 18.1 Å². The minimum absolute atomic E-state index is 0. The molecule has 136 valence electrons. The molecular weight excluding hydrogens is 354 g/mol. The standard InChI is InChI=1S/C15H23N3O4S.ClH/c1-2-18-23(20,21)14-5-3-12(4-6-14)10-17-15(19)9-13-11-22-8-7-16-13;/h3-6,13,16,18H,2,7-11H2,1H3,(H,17,19);1H. The highest BCUT2D eigenvalue weighted by atomic mass is 35.5. The maximum Gasteiger partial charge on any atom is 0.240 e. The van der Waals surface area contributed by atoms with Gasteiger partial charge in [-0.1, -0.05) is 19.1 Å². The van der Waals surface area contributed by atoms with Gasteiger partial charge in [-0.2, -0.15) is 0 Å². The lowest BCUT2D eigenvalue weighted by atomic mass is 10.2. The van der Waals surface area contributed by atoms with Gasteiger partial charge in [0.2, 0.25) is 15.9 Å². The zero-order valence-electron chi connectivity index (χ0n) is 13.6. The molecule has 0 aromatic heterocycles. The number of hydrogen-bond donors (Lipinski definition) is 3. The van der Waals surface area contributed by atoms with Crippen LogP contribution in [0.3, 0.4) is 0 Å². The number of benzene rings is 1. The zero-order chi connectivity index (χ0) is 16.7. The van der Waals surface area contributed by atoms with Gasteiger partial charge in [-0.15, -0.1) is 12.4 Å². The summed E-state index contributed by atoms with van der Waals surface area (Å²) in [6.07, 6.45) is 0.368. The van der Waals surface area contributed by atoms with E-state index in [2.05, 4.69) is 15.4 Å². The fourth-order valence-corrected chi connectivity index (χ4v) is 3.35. The molecule has 0 radical (unpaired) electrons. The van der Waals surface area contributed by atoms with Crippen LogP contribution in [0.1, 0.15) is 18.9 Å². The maximum absolute atomic E-state index is 11.9. The number of sulfonamides is 1. The number of halogens is 1. The molecule has 1 aromatic carbocycles. The average molecular weight is 378 g/mol. The average Bonchev–Trinajstić information content (AvgIpc) is 2.54. The molecule has 1 amide bonds. The van der Waals surface area contributed by atoms with Crippen LogP contribution in [0.4, 0.5) is 0 Å². The summed E-state index contributed by atoms with van der Waals surface area (Å²) in [4.78, 5) is 12.1. The van der Waals surface area contributed by atoms with Crippen LogP contribution >= 0.6 is 12.4 Å². The lowest BCUT2D eigenvalue weighted by Gasteiger charge is -2.23. The summed E-state index contributed by atoms with van der Waals surface area (Å²) in [7, 11) is -3.44. The Bertz CT molecular complexity index is 616. The Kier molecular flexibility index (Phi) is 8.65. The molecule has 0 bridgehead atoms. The van der Waals surface area contributed by atoms with Crippen molar-refractivity contribution >= 4 is 28.3 Å². The number of carbonyl (C=O) groups is 1. The van der Waals surface area contributed by atoms with Crippen molar-refractivity contribution in [1.29, 1.82) is 0 Å². The molecule has 0 aliphatic carbocycles. The molecule has 9 heteroatoms. The van der Waals surface area contributed by atoms with Gasteiger partial charge in [-0.25, -0.2) is 13.1 Å². The number of rotatable bonds is 7. The highest BCUT2D eigenvalue weighted by Gasteiger charge is 2.16. The molecule has 7 nitrogen and oxygen atoms in total. The van der Waals surface area contributed by atoms with E-state index < -0.39 is 10.0 Å². The van der Waals surface area contributed by atoms with Gasteiger partial charge in [0, 0.05) is 32.1 Å². The third-order valence-electron chi connectivity index (χ3n) is 3.49. The maximum atomic E-state index is 11.9. The summed E-state index contributed by atoms with van der Waals surface area (Å²) < 4.78 is 31.4. The summed E-state index contributed by atoms with van der Waals surface area (Å²) in [5.74, 6) is -0.0580. The van der Waals surface area contributed by atoms with Crippen molar-refractivity contribution in [2.24, 2.45) is 0 Å². The smallest absolute Gasteiger partial charge is 0.240 e. The molecule has 1 atom stereocenters. The molecule has 1 saturated heterocycles. The third kappa shape index (κ3) is 6.37. The van der Waals surface area contributed by atoms with E-state index in [4.69, 9.17) is 4.74 Å². The van der Waals surface area contributed by atoms with Crippen LogP contribution in [0, 0.1) is 0 Å². The van der Waals surface area contributed by atoms with Crippen molar-refractivity contribution in [3.8, 4) is 0 Å². The van der Waals surface area contributed by atoms with Crippen molar-refractivity contribution in [3.05, 3.63) is 29.8 Å². The van der Waals surface area contributed by atoms with Crippen LogP contribution in [0.25, 0.3) is 0 Å². The Morgan fingerprint density at radius 3 is 2.62 bits per heavy atom. The van der Waals surface area contributed by atoms with Crippen LogP contribution in [0.2, 0.25) is 0 Å². The Balaban J connectivity index is 0.00000288. The first kappa shape index (κ1) is 20.9. The number of nitrogens with one attached hydrogen (secondary N) is 3. The predicted molar refractivity (Wildman–Crippen MR) is 93.6 cm³/mol. The van der Waals surface area contributed by atoms with Gasteiger partial charge in [0.15, 0.2) is 0 Å². The van der Waals surface area contributed by atoms with Gasteiger partial charge in [-0.3, -0.25) is 4.79 Å². The lowest BCUT2D eigenvalue weighted by Crippen LogP contribution is -2.44. The second-order valence-corrected chi connectivity index (χ2v) is 7.12. The largest absolute Gasteiger partial charge is 0.378 e. The molecule has 1 aromatic rings. The normalized spacial score (nSPS) is 17.8. The van der Waals surface area contributed by atoms with E-state index in [0.717, 1.165) is 12.1 Å². The molecule has 1 heterocycles. The first-order chi connectivity index (χ1) is 11.0. The Morgan fingerprint density at radius 2 is 2.04 bits per heavy atom.